The fraction of sp³-hybridized carbons (Fsp3) is 0.158. The minimum atomic E-state index is -0.966. The number of nitrogens with one attached hydrogen (secondary N) is 1. The number of carboxylic acids is 1. The molecule has 4 rings (SSSR count). The van der Waals surface area contributed by atoms with Crippen LogP contribution in [0, 0.1) is 6.92 Å². The second kappa shape index (κ2) is 6.88. The Labute approximate surface area is 159 Å². The fourth-order valence-electron chi connectivity index (χ4n) is 3.09. The van der Waals surface area contributed by atoms with E-state index in [1.54, 1.807) is 35.1 Å². The minimum Gasteiger partial charge on any atom is -0.478 e. The highest BCUT2D eigenvalue weighted by molar-refractivity contribution is 8.00. The van der Waals surface area contributed by atoms with Crippen LogP contribution in [0.2, 0.25) is 0 Å². The van der Waals surface area contributed by atoms with Crippen molar-refractivity contribution in [1.82, 2.24) is 14.8 Å². The molecule has 0 fully saturated rings. The summed E-state index contributed by atoms with van der Waals surface area (Å²) in [7, 11) is 0. The molecule has 1 aromatic carbocycles. The van der Waals surface area contributed by atoms with Gasteiger partial charge in [-0.25, -0.2) is 9.78 Å². The molecule has 1 amide bonds. The van der Waals surface area contributed by atoms with Crippen molar-refractivity contribution >= 4 is 29.5 Å². The number of thioether (sulfide) groups is 1. The van der Waals surface area contributed by atoms with Crippen LogP contribution in [-0.4, -0.2) is 37.5 Å². The van der Waals surface area contributed by atoms with Gasteiger partial charge >= 0.3 is 5.97 Å². The third-order valence-electron chi connectivity index (χ3n) is 4.33. The molecule has 8 heteroatoms. The van der Waals surface area contributed by atoms with Crippen molar-refractivity contribution in [2.75, 3.05) is 11.1 Å². The van der Waals surface area contributed by atoms with Gasteiger partial charge in [0.2, 0.25) is 5.91 Å². The molecule has 3 aromatic rings. The smallest absolute Gasteiger partial charge is 0.335 e. The van der Waals surface area contributed by atoms with E-state index in [1.165, 1.54) is 11.8 Å². The first-order chi connectivity index (χ1) is 13.0. The molecule has 2 aromatic heterocycles. The molecule has 0 aliphatic carbocycles. The van der Waals surface area contributed by atoms with Crippen LogP contribution in [0.4, 0.5) is 5.82 Å². The molecule has 0 unspecified atom stereocenters. The number of aromatic nitrogens is 3. The van der Waals surface area contributed by atoms with Crippen molar-refractivity contribution in [3.8, 4) is 5.82 Å². The van der Waals surface area contributed by atoms with Gasteiger partial charge in [-0.05, 0) is 36.8 Å². The first-order valence-corrected chi connectivity index (χ1v) is 9.35. The third kappa shape index (κ3) is 3.19. The van der Waals surface area contributed by atoms with Crippen LogP contribution in [0.3, 0.4) is 0 Å². The molecule has 1 aliphatic heterocycles. The lowest BCUT2D eigenvalue weighted by molar-refractivity contribution is -0.113. The molecule has 7 nitrogen and oxygen atoms in total. The molecule has 3 heterocycles. The van der Waals surface area contributed by atoms with Crippen LogP contribution < -0.4 is 5.32 Å². The maximum Gasteiger partial charge on any atom is 0.335 e. The van der Waals surface area contributed by atoms with E-state index in [0.29, 0.717) is 17.4 Å². The van der Waals surface area contributed by atoms with Crippen LogP contribution in [0.1, 0.15) is 32.4 Å². The third-order valence-corrected chi connectivity index (χ3v) is 5.60. The summed E-state index contributed by atoms with van der Waals surface area (Å²) in [6, 6.07) is 12.2. The normalized spacial score (nSPS) is 16.3. The number of hydrogen-bond donors (Lipinski definition) is 2. The Morgan fingerprint density at radius 3 is 2.70 bits per heavy atom. The Balaban J connectivity index is 1.84. The van der Waals surface area contributed by atoms with Gasteiger partial charge in [-0.2, -0.15) is 9.78 Å². The van der Waals surface area contributed by atoms with Crippen LogP contribution in [0.25, 0.3) is 5.82 Å². The molecule has 136 valence electrons. The maximum atomic E-state index is 12.3. The number of carboxylic acid groups (broad SMARTS) is 1. The number of fused-ring (bicyclic) bond motifs is 1. The number of nitrogens with zero attached hydrogens (tertiary/aromatic N) is 3. The number of pyridine rings is 1. The number of rotatable bonds is 3. The first-order valence-electron chi connectivity index (χ1n) is 8.30. The van der Waals surface area contributed by atoms with Gasteiger partial charge in [-0.15, -0.1) is 11.8 Å². The molecule has 0 spiro atoms. The molecule has 0 bridgehead atoms. The van der Waals surface area contributed by atoms with Crippen LogP contribution in [0.5, 0.6) is 0 Å². The van der Waals surface area contributed by atoms with Crippen LogP contribution >= 0.6 is 11.8 Å². The Hall–Kier alpha value is -3.13. The maximum absolute atomic E-state index is 12.3. The highest BCUT2D eigenvalue weighted by Gasteiger charge is 2.30. The predicted molar refractivity (Wildman–Crippen MR) is 102 cm³/mol. The molecule has 0 radical (unpaired) electrons. The summed E-state index contributed by atoms with van der Waals surface area (Å²) in [6.45, 7) is 1.90. The average Bonchev–Trinajstić information content (AvgIpc) is 2.88. The van der Waals surface area contributed by atoms with Gasteiger partial charge in [0.1, 0.15) is 5.82 Å². The Morgan fingerprint density at radius 2 is 2.04 bits per heavy atom. The highest BCUT2D eigenvalue weighted by Crippen LogP contribution is 2.43. The number of anilines is 1. The number of hydrogen-bond acceptors (Lipinski definition) is 5. The van der Waals surface area contributed by atoms with Gasteiger partial charge in [0.25, 0.3) is 0 Å². The molecule has 27 heavy (non-hydrogen) atoms. The summed E-state index contributed by atoms with van der Waals surface area (Å²) in [5.74, 6) is 0.444. The molecule has 1 aliphatic rings. The van der Waals surface area contributed by atoms with Crippen LogP contribution in [0.15, 0.2) is 48.7 Å². The van der Waals surface area contributed by atoms with Crippen molar-refractivity contribution in [2.24, 2.45) is 0 Å². The summed E-state index contributed by atoms with van der Waals surface area (Å²) in [6.07, 6.45) is 1.67. The van der Waals surface area contributed by atoms with Crippen molar-refractivity contribution in [2.45, 2.75) is 12.2 Å². The summed E-state index contributed by atoms with van der Waals surface area (Å²) < 4.78 is 1.65. The van der Waals surface area contributed by atoms with Gasteiger partial charge in [0.05, 0.1) is 22.3 Å². The molecule has 1 atom stereocenters. The van der Waals surface area contributed by atoms with Crippen molar-refractivity contribution < 1.29 is 14.7 Å². The largest absolute Gasteiger partial charge is 0.478 e. The molecular weight excluding hydrogens is 364 g/mol. The average molecular weight is 380 g/mol. The number of aromatic carboxylic acids is 1. The summed E-state index contributed by atoms with van der Waals surface area (Å²) >= 11 is 1.49. The fourth-order valence-corrected chi connectivity index (χ4v) is 4.28. The number of aryl methyl sites for hydroxylation is 1. The Kier molecular flexibility index (Phi) is 4.41. The highest BCUT2D eigenvalue weighted by atomic mass is 32.2. The molecule has 0 saturated heterocycles. The SMILES string of the molecule is Cc1nn(-c2ccccn2)c2c1[C@@H](c1ccc(C(=O)O)cc1)SCC(=O)N2. The van der Waals surface area contributed by atoms with Gasteiger partial charge in [-0.1, -0.05) is 18.2 Å². The number of carbonyl (C=O) groups excluding carboxylic acids is 1. The van der Waals surface area contributed by atoms with E-state index in [-0.39, 0.29) is 16.7 Å². The van der Waals surface area contributed by atoms with E-state index in [4.69, 9.17) is 5.11 Å². The van der Waals surface area contributed by atoms with E-state index in [1.807, 2.05) is 25.1 Å². The predicted octanol–water partition coefficient (Wildman–Crippen LogP) is 3.05. The molecule has 0 saturated carbocycles. The van der Waals surface area contributed by atoms with Crippen molar-refractivity contribution in [3.63, 3.8) is 0 Å². The van der Waals surface area contributed by atoms with Crippen LogP contribution in [-0.2, 0) is 4.79 Å². The van der Waals surface area contributed by atoms with E-state index >= 15 is 0 Å². The monoisotopic (exact) mass is 380 g/mol. The second-order valence-corrected chi connectivity index (χ2v) is 7.21. The standard InChI is InChI=1S/C19H16N4O3S/c1-11-16-17(12-5-7-13(8-6-12)19(25)26)27-10-15(24)21-18(16)23(22-11)14-4-2-3-9-20-14/h2-9,17H,10H2,1H3,(H,21,24)(H,25,26)/t17-/m1/s1. The topological polar surface area (TPSA) is 97.1 Å². The lowest BCUT2D eigenvalue weighted by Crippen LogP contribution is -2.16. The quantitative estimate of drug-likeness (QED) is 0.725. The molecular formula is C19H16N4O3S. The molecule has 2 N–H and O–H groups in total. The number of benzene rings is 1. The Bertz CT molecular complexity index is 1020. The van der Waals surface area contributed by atoms with E-state index in [2.05, 4.69) is 15.4 Å². The summed E-state index contributed by atoms with van der Waals surface area (Å²) in [5.41, 5.74) is 2.84. The summed E-state index contributed by atoms with van der Waals surface area (Å²) in [5, 5.41) is 16.5. The van der Waals surface area contributed by atoms with E-state index < -0.39 is 5.97 Å². The Morgan fingerprint density at radius 1 is 1.26 bits per heavy atom. The van der Waals surface area contributed by atoms with Gasteiger partial charge in [0, 0.05) is 11.8 Å². The number of amides is 1. The summed E-state index contributed by atoms with van der Waals surface area (Å²) in [4.78, 5) is 27.7. The zero-order chi connectivity index (χ0) is 19.0. The van der Waals surface area contributed by atoms with Gasteiger partial charge in [-0.3, -0.25) is 4.79 Å². The minimum absolute atomic E-state index is 0.108. The lowest BCUT2D eigenvalue weighted by atomic mass is 10.0. The zero-order valence-electron chi connectivity index (χ0n) is 14.4. The van der Waals surface area contributed by atoms with E-state index in [9.17, 15) is 9.59 Å². The van der Waals surface area contributed by atoms with Gasteiger partial charge in [0.15, 0.2) is 5.82 Å². The van der Waals surface area contributed by atoms with Crippen molar-refractivity contribution in [3.05, 3.63) is 71.0 Å². The second-order valence-electron chi connectivity index (χ2n) is 6.11. The number of carbonyl (C=O) groups is 2. The lowest BCUT2D eigenvalue weighted by Gasteiger charge is -2.15. The van der Waals surface area contributed by atoms with E-state index in [0.717, 1.165) is 16.8 Å². The first kappa shape index (κ1) is 17.3. The van der Waals surface area contributed by atoms with Gasteiger partial charge < -0.3 is 10.4 Å². The van der Waals surface area contributed by atoms with Crippen molar-refractivity contribution in [1.29, 1.82) is 0 Å². The zero-order valence-corrected chi connectivity index (χ0v) is 15.2.